The molecule has 0 spiro atoms. The normalized spacial score (nSPS) is 12.8. The maximum absolute atomic E-state index is 12.0. The number of carbonyl (C=O) groups excluding carboxylic acids is 1. The Kier molecular flexibility index (Phi) is 5.06. The van der Waals surface area contributed by atoms with E-state index in [9.17, 15) is 9.59 Å². The predicted octanol–water partition coefficient (Wildman–Crippen LogP) is 1.60. The molecule has 0 radical (unpaired) electrons. The van der Waals surface area contributed by atoms with Crippen LogP contribution in [0.5, 0.6) is 0 Å². The summed E-state index contributed by atoms with van der Waals surface area (Å²) in [7, 11) is 1.44. The highest BCUT2D eigenvalue weighted by atomic mass is 16.5. The summed E-state index contributed by atoms with van der Waals surface area (Å²) < 4.78 is 5.16. The molecule has 1 unspecified atom stereocenters. The number of nitrogens with one attached hydrogen (secondary N) is 1. The fourth-order valence-corrected chi connectivity index (χ4v) is 1.50. The monoisotopic (exact) mass is 265 g/mol. The Bertz CT molecular complexity index is 442. The summed E-state index contributed by atoms with van der Waals surface area (Å²) in [6.07, 6.45) is -0.731. The molecular weight excluding hydrogens is 246 g/mol. The van der Waals surface area contributed by atoms with Crippen molar-refractivity contribution in [2.75, 3.05) is 13.7 Å². The molecule has 1 amide bonds. The Morgan fingerprint density at radius 2 is 1.89 bits per heavy atom. The fraction of sp³-hybridized carbons (Fsp3) is 0.429. The molecule has 0 aromatic heterocycles. The lowest BCUT2D eigenvalue weighted by Crippen LogP contribution is -2.41. The lowest BCUT2D eigenvalue weighted by atomic mass is 9.94. The number of benzene rings is 1. The van der Waals surface area contributed by atoms with E-state index in [1.807, 2.05) is 18.2 Å². The van der Waals surface area contributed by atoms with Gasteiger partial charge in [-0.2, -0.15) is 0 Å². The molecule has 0 heterocycles. The van der Waals surface area contributed by atoms with E-state index in [0.29, 0.717) is 0 Å². The second-order valence-corrected chi connectivity index (χ2v) is 4.93. The third-order valence-corrected chi connectivity index (χ3v) is 2.86. The van der Waals surface area contributed by atoms with E-state index in [4.69, 9.17) is 9.84 Å². The first-order valence-electron chi connectivity index (χ1n) is 5.97. The van der Waals surface area contributed by atoms with Crippen LogP contribution in [0.15, 0.2) is 30.3 Å². The Labute approximate surface area is 112 Å². The zero-order chi connectivity index (χ0) is 14.5. The maximum atomic E-state index is 12.0. The van der Waals surface area contributed by atoms with Crippen LogP contribution in [-0.2, 0) is 14.3 Å². The van der Waals surface area contributed by atoms with Crippen molar-refractivity contribution in [1.29, 1.82) is 0 Å². The molecule has 0 fully saturated rings. The van der Waals surface area contributed by atoms with E-state index in [0.717, 1.165) is 5.56 Å². The molecule has 0 aliphatic carbocycles. The Morgan fingerprint density at radius 3 is 2.37 bits per heavy atom. The largest absolute Gasteiger partial charge is 0.481 e. The number of carboxylic acids is 1. The Hall–Kier alpha value is -1.88. The van der Waals surface area contributed by atoms with Gasteiger partial charge in [-0.25, -0.2) is 0 Å². The minimum absolute atomic E-state index is 0.0495. The number of hydrogen-bond acceptors (Lipinski definition) is 3. The molecule has 0 aliphatic heterocycles. The molecule has 5 nitrogen and oxygen atoms in total. The van der Waals surface area contributed by atoms with Crippen molar-refractivity contribution >= 4 is 11.9 Å². The van der Waals surface area contributed by atoms with Gasteiger partial charge in [0, 0.05) is 13.7 Å². The van der Waals surface area contributed by atoms with Crippen molar-refractivity contribution in [3.8, 4) is 0 Å². The molecule has 0 aliphatic rings. The number of hydrogen-bond donors (Lipinski definition) is 2. The third-order valence-electron chi connectivity index (χ3n) is 2.86. The van der Waals surface area contributed by atoms with Crippen LogP contribution in [0.4, 0.5) is 0 Å². The average molecular weight is 265 g/mol. The summed E-state index contributed by atoms with van der Waals surface area (Å²) in [5.41, 5.74) is -0.277. The standard InChI is InChI=1S/C14H19NO4/c1-14(2,13(17)18)9-15-12(16)11(19-3)10-7-5-4-6-8-10/h4-8,11H,9H2,1-3H3,(H,15,16)(H,17,18). The highest BCUT2D eigenvalue weighted by Crippen LogP contribution is 2.18. The molecule has 1 aromatic rings. The van der Waals surface area contributed by atoms with Gasteiger partial charge < -0.3 is 15.2 Å². The molecule has 19 heavy (non-hydrogen) atoms. The van der Waals surface area contributed by atoms with Crippen molar-refractivity contribution in [3.05, 3.63) is 35.9 Å². The van der Waals surface area contributed by atoms with Gasteiger partial charge in [0.25, 0.3) is 5.91 Å². The van der Waals surface area contributed by atoms with E-state index in [1.165, 1.54) is 7.11 Å². The molecule has 0 bridgehead atoms. The molecule has 104 valence electrons. The number of amides is 1. The summed E-state index contributed by atoms with van der Waals surface area (Å²) >= 11 is 0. The van der Waals surface area contributed by atoms with Gasteiger partial charge >= 0.3 is 5.97 Å². The zero-order valence-corrected chi connectivity index (χ0v) is 11.3. The van der Waals surface area contributed by atoms with Gasteiger partial charge in [-0.05, 0) is 19.4 Å². The fourth-order valence-electron chi connectivity index (χ4n) is 1.50. The van der Waals surface area contributed by atoms with Gasteiger partial charge in [-0.3, -0.25) is 9.59 Å². The smallest absolute Gasteiger partial charge is 0.310 e. The van der Waals surface area contributed by atoms with Gasteiger partial charge in [0.05, 0.1) is 5.41 Å². The number of rotatable bonds is 6. The van der Waals surface area contributed by atoms with Crippen molar-refractivity contribution in [1.82, 2.24) is 5.32 Å². The number of methoxy groups -OCH3 is 1. The molecule has 5 heteroatoms. The average Bonchev–Trinajstić information content (AvgIpc) is 2.38. The van der Waals surface area contributed by atoms with Crippen molar-refractivity contribution in [2.45, 2.75) is 20.0 Å². The maximum Gasteiger partial charge on any atom is 0.310 e. The van der Waals surface area contributed by atoms with Crippen LogP contribution in [0.2, 0.25) is 0 Å². The van der Waals surface area contributed by atoms with Crippen LogP contribution >= 0.6 is 0 Å². The molecular formula is C14H19NO4. The Balaban J connectivity index is 2.69. The summed E-state index contributed by atoms with van der Waals surface area (Å²) in [5.74, 6) is -1.30. The second kappa shape index (κ2) is 6.33. The molecule has 0 saturated heterocycles. The Morgan fingerprint density at radius 1 is 1.32 bits per heavy atom. The lowest BCUT2D eigenvalue weighted by Gasteiger charge is -2.22. The van der Waals surface area contributed by atoms with Gasteiger partial charge in [-0.1, -0.05) is 30.3 Å². The third kappa shape index (κ3) is 4.06. The minimum Gasteiger partial charge on any atom is -0.481 e. The van der Waals surface area contributed by atoms with Gasteiger partial charge in [0.2, 0.25) is 0 Å². The topological polar surface area (TPSA) is 75.6 Å². The quantitative estimate of drug-likeness (QED) is 0.819. The summed E-state index contributed by atoms with van der Waals surface area (Å²) in [6.45, 7) is 3.16. The van der Waals surface area contributed by atoms with Crippen LogP contribution in [0.3, 0.4) is 0 Å². The van der Waals surface area contributed by atoms with Crippen LogP contribution in [-0.4, -0.2) is 30.6 Å². The summed E-state index contributed by atoms with van der Waals surface area (Å²) in [5, 5.41) is 11.6. The molecule has 1 aromatic carbocycles. The van der Waals surface area contributed by atoms with E-state index in [-0.39, 0.29) is 12.5 Å². The predicted molar refractivity (Wildman–Crippen MR) is 70.6 cm³/mol. The van der Waals surface area contributed by atoms with Gasteiger partial charge in [0.1, 0.15) is 0 Å². The van der Waals surface area contributed by atoms with Gasteiger partial charge in [0.15, 0.2) is 6.10 Å². The second-order valence-electron chi connectivity index (χ2n) is 4.93. The van der Waals surface area contributed by atoms with E-state index < -0.39 is 17.5 Å². The first kappa shape index (κ1) is 15.2. The highest BCUT2D eigenvalue weighted by Gasteiger charge is 2.29. The van der Waals surface area contributed by atoms with Crippen molar-refractivity contribution in [3.63, 3.8) is 0 Å². The van der Waals surface area contributed by atoms with Crippen molar-refractivity contribution in [2.24, 2.45) is 5.41 Å². The molecule has 1 rings (SSSR count). The number of carboxylic acid groups (broad SMARTS) is 1. The molecule has 2 N–H and O–H groups in total. The van der Waals surface area contributed by atoms with E-state index in [2.05, 4.69) is 5.32 Å². The van der Waals surface area contributed by atoms with Crippen LogP contribution in [0.25, 0.3) is 0 Å². The van der Waals surface area contributed by atoms with E-state index in [1.54, 1.807) is 26.0 Å². The van der Waals surface area contributed by atoms with Crippen LogP contribution in [0.1, 0.15) is 25.5 Å². The minimum atomic E-state index is -1.01. The van der Waals surface area contributed by atoms with E-state index >= 15 is 0 Å². The molecule has 1 atom stereocenters. The summed E-state index contributed by atoms with van der Waals surface area (Å²) in [6, 6.07) is 9.06. The highest BCUT2D eigenvalue weighted by molar-refractivity contribution is 5.83. The lowest BCUT2D eigenvalue weighted by molar-refractivity contribution is -0.147. The molecule has 0 saturated carbocycles. The first-order chi connectivity index (χ1) is 8.88. The van der Waals surface area contributed by atoms with Crippen LogP contribution < -0.4 is 5.32 Å². The van der Waals surface area contributed by atoms with Crippen molar-refractivity contribution < 1.29 is 19.4 Å². The number of ether oxygens (including phenoxy) is 1. The first-order valence-corrected chi connectivity index (χ1v) is 5.97. The zero-order valence-electron chi connectivity index (χ0n) is 11.3. The number of aliphatic carboxylic acids is 1. The SMILES string of the molecule is COC(C(=O)NCC(C)(C)C(=O)O)c1ccccc1. The number of carbonyl (C=O) groups is 2. The van der Waals surface area contributed by atoms with Gasteiger partial charge in [-0.15, -0.1) is 0 Å². The van der Waals surface area contributed by atoms with Crippen LogP contribution in [0, 0.1) is 5.41 Å². The summed E-state index contributed by atoms with van der Waals surface area (Å²) in [4.78, 5) is 23.0.